The number of hydrogen-bond donors (Lipinski definition) is 1. The van der Waals surface area contributed by atoms with Gasteiger partial charge in [0.1, 0.15) is 5.52 Å². The van der Waals surface area contributed by atoms with E-state index >= 15 is 0 Å². The molecule has 1 aliphatic heterocycles. The molecule has 3 rings (SSSR count). The zero-order valence-electron chi connectivity index (χ0n) is 8.98. The molecule has 2 heterocycles. The van der Waals surface area contributed by atoms with Gasteiger partial charge in [-0.25, -0.2) is 0 Å². The van der Waals surface area contributed by atoms with Gasteiger partial charge in [-0.2, -0.15) is 4.68 Å². The van der Waals surface area contributed by atoms with Gasteiger partial charge in [-0.1, -0.05) is 12.1 Å². The summed E-state index contributed by atoms with van der Waals surface area (Å²) < 4.78 is 4.56. The van der Waals surface area contributed by atoms with E-state index in [-0.39, 0.29) is 0 Å². The monoisotopic (exact) mass is 202 g/mol. The molecule has 0 bridgehead atoms. The van der Waals surface area contributed by atoms with Crippen molar-refractivity contribution in [3.05, 3.63) is 30.5 Å². The van der Waals surface area contributed by atoms with E-state index in [1.165, 1.54) is 10.9 Å². The van der Waals surface area contributed by atoms with E-state index in [9.17, 15) is 0 Å². The van der Waals surface area contributed by atoms with Gasteiger partial charge in [0.2, 0.25) is 6.20 Å². The molecular formula is C12H16N3+. The summed E-state index contributed by atoms with van der Waals surface area (Å²) in [4.78, 5) is 0. The highest BCUT2D eigenvalue weighted by molar-refractivity contribution is 5.77. The molecule has 2 aromatic rings. The van der Waals surface area contributed by atoms with Gasteiger partial charge in [0, 0.05) is 19.0 Å². The Morgan fingerprint density at radius 2 is 2.20 bits per heavy atom. The normalized spacial score (nSPS) is 16.9. The van der Waals surface area contributed by atoms with E-state index in [1.807, 2.05) is 0 Å². The van der Waals surface area contributed by atoms with Crippen LogP contribution in [0.5, 0.6) is 0 Å². The van der Waals surface area contributed by atoms with Crippen molar-refractivity contribution in [3.8, 4) is 0 Å². The molecule has 3 heteroatoms. The molecule has 1 fully saturated rings. The minimum atomic E-state index is 0.804. The molecule has 1 N–H and O–H groups in total. The number of hydrogen-bond acceptors (Lipinski definition) is 1. The molecule has 3 nitrogen and oxygen atoms in total. The first-order valence-electron chi connectivity index (χ1n) is 5.49. The molecule has 1 aromatic carbocycles. The van der Waals surface area contributed by atoms with Crippen LogP contribution < -0.4 is 10.00 Å². The lowest BCUT2D eigenvalue weighted by molar-refractivity contribution is -0.776. The van der Waals surface area contributed by atoms with Crippen LogP contribution in [-0.2, 0) is 13.6 Å². The van der Waals surface area contributed by atoms with Gasteiger partial charge in [-0.3, -0.25) is 0 Å². The third-order valence-electron chi connectivity index (χ3n) is 3.27. The first-order valence-corrected chi connectivity index (χ1v) is 5.49. The second kappa shape index (κ2) is 3.35. The number of aryl methyl sites for hydroxylation is 1. The van der Waals surface area contributed by atoms with Gasteiger partial charge in [0.05, 0.1) is 12.4 Å². The van der Waals surface area contributed by atoms with Crippen molar-refractivity contribution in [2.45, 2.75) is 6.54 Å². The van der Waals surface area contributed by atoms with E-state index in [0.717, 1.165) is 25.6 Å². The average molecular weight is 202 g/mol. The summed E-state index contributed by atoms with van der Waals surface area (Å²) in [5.41, 5.74) is 1.31. The molecule has 15 heavy (non-hydrogen) atoms. The molecule has 0 amide bonds. The molecular weight excluding hydrogens is 186 g/mol. The second-order valence-electron chi connectivity index (χ2n) is 4.36. The van der Waals surface area contributed by atoms with Gasteiger partial charge < -0.3 is 5.32 Å². The Balaban J connectivity index is 1.99. The molecule has 0 atom stereocenters. The van der Waals surface area contributed by atoms with Crippen LogP contribution in [0.25, 0.3) is 10.9 Å². The number of rotatable bonds is 2. The Kier molecular flexibility index (Phi) is 1.99. The summed E-state index contributed by atoms with van der Waals surface area (Å²) in [6.45, 7) is 3.45. The lowest BCUT2D eigenvalue weighted by Crippen LogP contribution is -2.53. The Labute approximate surface area is 89.3 Å². The van der Waals surface area contributed by atoms with Crippen molar-refractivity contribution >= 4 is 10.9 Å². The van der Waals surface area contributed by atoms with Crippen molar-refractivity contribution < 1.29 is 4.68 Å². The van der Waals surface area contributed by atoms with Crippen LogP contribution in [0.15, 0.2) is 30.5 Å². The van der Waals surface area contributed by atoms with Crippen molar-refractivity contribution in [1.29, 1.82) is 0 Å². The highest BCUT2D eigenvalue weighted by Gasteiger charge is 2.23. The molecule has 0 spiro atoms. The predicted molar refractivity (Wildman–Crippen MR) is 59.5 cm³/mol. The van der Waals surface area contributed by atoms with Crippen LogP contribution >= 0.6 is 0 Å². The Morgan fingerprint density at radius 3 is 2.87 bits per heavy atom. The van der Waals surface area contributed by atoms with E-state index in [0.29, 0.717) is 0 Å². The van der Waals surface area contributed by atoms with Crippen LogP contribution in [-0.4, -0.2) is 17.8 Å². The van der Waals surface area contributed by atoms with Crippen LogP contribution in [0.2, 0.25) is 0 Å². The van der Waals surface area contributed by atoms with E-state index in [4.69, 9.17) is 0 Å². The van der Waals surface area contributed by atoms with Crippen LogP contribution in [0.4, 0.5) is 0 Å². The van der Waals surface area contributed by atoms with Crippen LogP contribution in [0.3, 0.4) is 0 Å². The van der Waals surface area contributed by atoms with Crippen molar-refractivity contribution in [2.75, 3.05) is 13.1 Å². The zero-order chi connectivity index (χ0) is 10.3. The minimum Gasteiger partial charge on any atom is -0.316 e. The SMILES string of the molecule is Cn1c2ccccc2c[n+]1CC1CNC1. The fourth-order valence-corrected chi connectivity index (χ4v) is 2.19. The Morgan fingerprint density at radius 1 is 1.40 bits per heavy atom. The maximum atomic E-state index is 3.31. The molecule has 1 saturated heterocycles. The molecule has 1 aliphatic rings. The van der Waals surface area contributed by atoms with Gasteiger partial charge in [0.15, 0.2) is 6.54 Å². The molecule has 0 saturated carbocycles. The number of benzene rings is 1. The van der Waals surface area contributed by atoms with E-state index in [1.54, 1.807) is 0 Å². The number of nitrogens with zero attached hydrogens (tertiary/aromatic N) is 2. The highest BCUT2D eigenvalue weighted by Crippen LogP contribution is 2.11. The lowest BCUT2D eigenvalue weighted by atomic mass is 10.0. The summed E-state index contributed by atoms with van der Waals surface area (Å²) in [5.74, 6) is 0.804. The summed E-state index contributed by atoms with van der Waals surface area (Å²) in [6.07, 6.45) is 2.24. The fraction of sp³-hybridized carbons (Fsp3) is 0.417. The topological polar surface area (TPSA) is 20.8 Å². The maximum absolute atomic E-state index is 3.31. The minimum absolute atomic E-state index is 0.804. The molecule has 0 radical (unpaired) electrons. The van der Waals surface area contributed by atoms with Crippen LogP contribution in [0.1, 0.15) is 0 Å². The first kappa shape index (κ1) is 8.92. The lowest BCUT2D eigenvalue weighted by Gasteiger charge is -2.23. The van der Waals surface area contributed by atoms with Gasteiger partial charge in [-0.05, 0) is 12.1 Å². The van der Waals surface area contributed by atoms with E-state index in [2.05, 4.69) is 52.2 Å². The largest absolute Gasteiger partial charge is 0.316 e. The number of nitrogens with one attached hydrogen (secondary N) is 1. The first-order chi connectivity index (χ1) is 7.34. The maximum Gasteiger partial charge on any atom is 0.203 e. The average Bonchev–Trinajstić information content (AvgIpc) is 2.51. The molecule has 0 aliphatic carbocycles. The Bertz CT molecular complexity index is 483. The summed E-state index contributed by atoms with van der Waals surface area (Å²) in [6, 6.07) is 8.53. The standard InChI is InChI=1S/C12H16N3/c1-14-12-5-3-2-4-11(12)9-15(14)8-10-6-13-7-10/h2-5,9-10,13H,6-8H2,1H3/q+1. The Hall–Kier alpha value is -1.35. The van der Waals surface area contributed by atoms with E-state index < -0.39 is 0 Å². The molecule has 78 valence electrons. The number of fused-ring (bicyclic) bond motifs is 1. The van der Waals surface area contributed by atoms with Gasteiger partial charge in [-0.15, -0.1) is 4.68 Å². The van der Waals surface area contributed by atoms with Crippen molar-refractivity contribution in [3.63, 3.8) is 0 Å². The zero-order valence-corrected chi connectivity index (χ0v) is 8.98. The number of aromatic nitrogens is 2. The molecule has 1 aromatic heterocycles. The van der Waals surface area contributed by atoms with Crippen molar-refractivity contribution in [1.82, 2.24) is 10.00 Å². The summed E-state index contributed by atoms with van der Waals surface area (Å²) >= 11 is 0. The quantitative estimate of drug-likeness (QED) is 0.710. The second-order valence-corrected chi connectivity index (χ2v) is 4.36. The summed E-state index contributed by atoms with van der Waals surface area (Å²) in [5, 5.41) is 4.64. The number of para-hydroxylation sites is 1. The fourth-order valence-electron chi connectivity index (χ4n) is 2.19. The molecule has 0 unspecified atom stereocenters. The third kappa shape index (κ3) is 1.43. The predicted octanol–water partition coefficient (Wildman–Crippen LogP) is 0.685. The smallest absolute Gasteiger partial charge is 0.203 e. The van der Waals surface area contributed by atoms with Crippen molar-refractivity contribution in [2.24, 2.45) is 13.0 Å². The van der Waals surface area contributed by atoms with Crippen LogP contribution in [0, 0.1) is 5.92 Å². The summed E-state index contributed by atoms with van der Waals surface area (Å²) in [7, 11) is 2.13. The van der Waals surface area contributed by atoms with Gasteiger partial charge in [0.25, 0.3) is 0 Å². The highest BCUT2D eigenvalue weighted by atomic mass is 15.4. The third-order valence-corrected chi connectivity index (χ3v) is 3.27. The van der Waals surface area contributed by atoms with Gasteiger partial charge >= 0.3 is 0 Å².